The summed E-state index contributed by atoms with van der Waals surface area (Å²) in [6.07, 6.45) is 3.41. The average molecular weight is 193 g/mol. The van der Waals surface area contributed by atoms with E-state index in [-0.39, 0.29) is 35.5 Å². The van der Waals surface area contributed by atoms with Gasteiger partial charge < -0.3 is 19.3 Å². The SMILES string of the molecule is [CH2-]CCCc1ccccc1.[Cl-].[Mg+2]. The second kappa shape index (κ2) is 9.36. The van der Waals surface area contributed by atoms with Crippen molar-refractivity contribution in [1.29, 1.82) is 0 Å². The van der Waals surface area contributed by atoms with Gasteiger partial charge in [0.25, 0.3) is 0 Å². The zero-order valence-corrected chi connectivity index (χ0v) is 9.47. The number of unbranched alkanes of at least 4 members (excludes halogenated alkanes) is 1. The fourth-order valence-electron chi connectivity index (χ4n) is 0.974. The van der Waals surface area contributed by atoms with Crippen LogP contribution < -0.4 is 12.4 Å². The van der Waals surface area contributed by atoms with Crippen LogP contribution >= 0.6 is 0 Å². The minimum Gasteiger partial charge on any atom is -1.00 e. The first kappa shape index (κ1) is 14.8. The number of aryl methyl sites for hydroxylation is 1. The molecule has 62 valence electrons. The van der Waals surface area contributed by atoms with E-state index in [1.54, 1.807) is 0 Å². The predicted octanol–water partition coefficient (Wildman–Crippen LogP) is -0.533. The van der Waals surface area contributed by atoms with Gasteiger partial charge >= 0.3 is 23.1 Å². The number of hydrogen-bond donors (Lipinski definition) is 0. The topological polar surface area (TPSA) is 0 Å². The summed E-state index contributed by atoms with van der Waals surface area (Å²) in [7, 11) is 0. The van der Waals surface area contributed by atoms with Crippen molar-refractivity contribution < 1.29 is 12.4 Å². The molecule has 0 radical (unpaired) electrons. The number of rotatable bonds is 3. The molecule has 12 heavy (non-hydrogen) atoms. The molecule has 1 rings (SSSR count). The van der Waals surface area contributed by atoms with Crippen molar-refractivity contribution >= 4 is 23.1 Å². The molecule has 0 aromatic heterocycles. The van der Waals surface area contributed by atoms with Gasteiger partial charge in [-0.05, 0) is 12.0 Å². The molecule has 0 saturated heterocycles. The molecule has 0 unspecified atom stereocenters. The van der Waals surface area contributed by atoms with E-state index in [2.05, 4.69) is 31.2 Å². The van der Waals surface area contributed by atoms with Gasteiger partial charge in [0.1, 0.15) is 0 Å². The van der Waals surface area contributed by atoms with Gasteiger partial charge in [-0.2, -0.15) is 6.42 Å². The van der Waals surface area contributed by atoms with E-state index in [4.69, 9.17) is 0 Å². The Labute approximate surface area is 97.3 Å². The van der Waals surface area contributed by atoms with Gasteiger partial charge in [0.2, 0.25) is 0 Å². The van der Waals surface area contributed by atoms with Crippen LogP contribution in [0.25, 0.3) is 0 Å². The van der Waals surface area contributed by atoms with Gasteiger partial charge in [0.15, 0.2) is 0 Å². The maximum atomic E-state index is 3.80. The quantitative estimate of drug-likeness (QED) is 0.447. The van der Waals surface area contributed by atoms with Crippen LogP contribution in [0.2, 0.25) is 0 Å². The van der Waals surface area contributed by atoms with E-state index in [0.29, 0.717) is 0 Å². The zero-order valence-electron chi connectivity index (χ0n) is 7.30. The van der Waals surface area contributed by atoms with Gasteiger partial charge in [0, 0.05) is 0 Å². The fraction of sp³-hybridized carbons (Fsp3) is 0.300. The molecule has 1 aromatic rings. The minimum atomic E-state index is 0. The van der Waals surface area contributed by atoms with Crippen LogP contribution in [0.15, 0.2) is 30.3 Å². The molecule has 0 aliphatic rings. The Kier molecular flexibility index (Phi) is 11.5. The van der Waals surface area contributed by atoms with Crippen LogP contribution in [-0.4, -0.2) is 23.1 Å². The summed E-state index contributed by atoms with van der Waals surface area (Å²) in [5.41, 5.74) is 1.42. The molecular weight excluding hydrogens is 180 g/mol. The van der Waals surface area contributed by atoms with Gasteiger partial charge in [-0.25, -0.2) is 0 Å². The van der Waals surface area contributed by atoms with Gasteiger partial charge in [0.05, 0.1) is 0 Å². The third-order valence-electron chi connectivity index (χ3n) is 1.56. The third-order valence-corrected chi connectivity index (χ3v) is 1.56. The molecule has 0 nitrogen and oxygen atoms in total. The summed E-state index contributed by atoms with van der Waals surface area (Å²) in [6, 6.07) is 10.5. The first-order chi connectivity index (χ1) is 4.93. The monoisotopic (exact) mass is 192 g/mol. The van der Waals surface area contributed by atoms with E-state index in [9.17, 15) is 0 Å². The second-order valence-corrected chi connectivity index (χ2v) is 2.44. The summed E-state index contributed by atoms with van der Waals surface area (Å²) in [5, 5.41) is 0. The van der Waals surface area contributed by atoms with Crippen molar-refractivity contribution in [1.82, 2.24) is 0 Å². The molecule has 0 aliphatic carbocycles. The molecule has 0 bridgehead atoms. The van der Waals surface area contributed by atoms with Crippen LogP contribution in [-0.2, 0) is 6.42 Å². The van der Waals surface area contributed by atoms with Crippen LogP contribution in [0, 0.1) is 6.92 Å². The van der Waals surface area contributed by atoms with Gasteiger partial charge in [-0.3, -0.25) is 0 Å². The fourth-order valence-corrected chi connectivity index (χ4v) is 0.974. The molecule has 0 spiro atoms. The summed E-state index contributed by atoms with van der Waals surface area (Å²) < 4.78 is 0. The van der Waals surface area contributed by atoms with Crippen LogP contribution in [0.3, 0.4) is 0 Å². The maximum absolute atomic E-state index is 3.80. The minimum absolute atomic E-state index is 0. The Morgan fingerprint density at radius 1 is 1.08 bits per heavy atom. The third kappa shape index (κ3) is 5.87. The maximum Gasteiger partial charge on any atom is 2.00 e. The van der Waals surface area contributed by atoms with Crippen molar-refractivity contribution in [2.24, 2.45) is 0 Å². The Hall–Kier alpha value is 0.276. The first-order valence-electron chi connectivity index (χ1n) is 3.76. The Morgan fingerprint density at radius 3 is 2.17 bits per heavy atom. The van der Waals surface area contributed by atoms with E-state index < -0.39 is 0 Å². The van der Waals surface area contributed by atoms with E-state index in [0.717, 1.165) is 6.42 Å². The number of halogens is 1. The number of hydrogen-bond acceptors (Lipinski definition) is 0. The van der Waals surface area contributed by atoms with Crippen molar-refractivity contribution in [3.8, 4) is 0 Å². The van der Waals surface area contributed by atoms with Crippen molar-refractivity contribution in [2.75, 3.05) is 0 Å². The van der Waals surface area contributed by atoms with Gasteiger partial charge in [-0.15, -0.1) is 0 Å². The standard InChI is InChI=1S/C10H13.ClH.Mg/c1-2-3-7-10-8-5-4-6-9-10;;/h4-6,8-9H,1-3,7H2;1H;/q-1;;+2/p-1. The molecule has 0 aliphatic heterocycles. The van der Waals surface area contributed by atoms with Gasteiger partial charge in [-0.1, -0.05) is 36.8 Å². The molecule has 0 saturated carbocycles. The molecular formula is C10H13ClMg. The van der Waals surface area contributed by atoms with Crippen molar-refractivity contribution in [2.45, 2.75) is 19.3 Å². The molecule has 1 aromatic carbocycles. The predicted molar refractivity (Wildman–Crippen MR) is 50.5 cm³/mol. The zero-order chi connectivity index (χ0) is 7.23. The molecule has 2 heteroatoms. The molecule has 0 N–H and O–H groups in total. The summed E-state index contributed by atoms with van der Waals surface area (Å²) in [6.45, 7) is 3.80. The van der Waals surface area contributed by atoms with E-state index >= 15 is 0 Å². The summed E-state index contributed by atoms with van der Waals surface area (Å²) in [5.74, 6) is 0. The Bertz CT molecular complexity index is 174. The second-order valence-electron chi connectivity index (χ2n) is 2.44. The first-order valence-corrected chi connectivity index (χ1v) is 3.76. The smallest absolute Gasteiger partial charge is 1.00 e. The number of benzene rings is 1. The van der Waals surface area contributed by atoms with E-state index in [1.165, 1.54) is 18.4 Å². The van der Waals surface area contributed by atoms with Crippen molar-refractivity contribution in [3.05, 3.63) is 42.8 Å². The molecule has 0 heterocycles. The molecule has 0 amide bonds. The summed E-state index contributed by atoms with van der Waals surface area (Å²) >= 11 is 0. The largest absolute Gasteiger partial charge is 2.00 e. The van der Waals surface area contributed by atoms with Crippen LogP contribution in [0.5, 0.6) is 0 Å². The van der Waals surface area contributed by atoms with Crippen LogP contribution in [0.4, 0.5) is 0 Å². The molecule has 0 atom stereocenters. The van der Waals surface area contributed by atoms with Crippen LogP contribution in [0.1, 0.15) is 18.4 Å². The molecule has 0 fully saturated rings. The van der Waals surface area contributed by atoms with E-state index in [1.807, 2.05) is 6.07 Å². The Balaban J connectivity index is 0. The Morgan fingerprint density at radius 2 is 1.67 bits per heavy atom. The normalized spacial score (nSPS) is 8.08. The van der Waals surface area contributed by atoms with Crippen molar-refractivity contribution in [3.63, 3.8) is 0 Å². The average Bonchev–Trinajstić information content (AvgIpc) is 2.03. The summed E-state index contributed by atoms with van der Waals surface area (Å²) in [4.78, 5) is 0.